The number of carbonyl (C=O) groups is 1. The minimum atomic E-state index is -0.440. The lowest BCUT2D eigenvalue weighted by Gasteiger charge is -2.24. The summed E-state index contributed by atoms with van der Waals surface area (Å²) in [6.07, 6.45) is 0. The zero-order chi connectivity index (χ0) is 24.6. The quantitative estimate of drug-likeness (QED) is 0.274. The molecule has 1 heterocycles. The zero-order valence-corrected chi connectivity index (χ0v) is 20.5. The Bertz CT molecular complexity index is 1250. The predicted octanol–water partition coefficient (Wildman–Crippen LogP) is 5.51. The molecule has 0 saturated heterocycles. The average Bonchev–Trinajstić information content (AvgIpc) is 3.29. The molecule has 35 heavy (non-hydrogen) atoms. The molecule has 1 unspecified atom stereocenters. The predicted molar refractivity (Wildman–Crippen MR) is 135 cm³/mol. The average molecular weight is 491 g/mol. The molecule has 6 nitrogen and oxygen atoms in total. The van der Waals surface area contributed by atoms with Crippen molar-refractivity contribution < 1.29 is 13.9 Å². The molecule has 4 rings (SSSR count). The van der Waals surface area contributed by atoms with Crippen molar-refractivity contribution in [3.8, 4) is 11.4 Å². The van der Waals surface area contributed by atoms with Crippen LogP contribution in [0, 0.1) is 5.82 Å². The maximum atomic E-state index is 14.0. The highest BCUT2D eigenvalue weighted by Crippen LogP contribution is 2.28. The summed E-state index contributed by atoms with van der Waals surface area (Å²) in [5.41, 5.74) is 1.92. The molecular weight excluding hydrogens is 463 g/mol. The fourth-order valence-electron chi connectivity index (χ4n) is 3.63. The number of nitrogens with zero attached hydrogens (tertiary/aromatic N) is 4. The summed E-state index contributed by atoms with van der Waals surface area (Å²) < 4.78 is 21.6. The van der Waals surface area contributed by atoms with Crippen LogP contribution < -0.4 is 4.74 Å². The van der Waals surface area contributed by atoms with Gasteiger partial charge in [0.15, 0.2) is 22.5 Å². The van der Waals surface area contributed by atoms with Gasteiger partial charge in [-0.1, -0.05) is 72.4 Å². The van der Waals surface area contributed by atoms with Crippen LogP contribution in [0.15, 0.2) is 90.1 Å². The van der Waals surface area contributed by atoms with E-state index in [0.717, 1.165) is 11.3 Å². The number of para-hydroxylation sites is 2. The molecule has 0 fully saturated rings. The molecule has 0 aliphatic heterocycles. The molecule has 4 aromatic rings. The number of ether oxygens (including phenoxy) is 1. The standard InChI is InChI=1S/C27H27FN4O2S/c1-3-31(18-21-12-6-4-7-13-21)26(33)20(2)35-27-30-29-25(32(27)22-14-8-5-9-15-22)19-34-24-17-11-10-16-23(24)28/h4-17,20H,3,18-19H2,1-2H3. The van der Waals surface area contributed by atoms with Crippen LogP contribution in [0.1, 0.15) is 25.2 Å². The molecular formula is C27H27FN4O2S. The van der Waals surface area contributed by atoms with Gasteiger partial charge in [-0.2, -0.15) is 0 Å². The van der Waals surface area contributed by atoms with Crippen molar-refractivity contribution in [2.75, 3.05) is 6.54 Å². The number of aromatic nitrogens is 3. The van der Waals surface area contributed by atoms with Crippen LogP contribution in [0.2, 0.25) is 0 Å². The van der Waals surface area contributed by atoms with Gasteiger partial charge in [-0.15, -0.1) is 10.2 Å². The van der Waals surface area contributed by atoms with E-state index in [1.807, 2.05) is 84.0 Å². The Morgan fingerprint density at radius 3 is 2.34 bits per heavy atom. The summed E-state index contributed by atoms with van der Waals surface area (Å²) in [6, 6.07) is 25.8. The molecule has 8 heteroatoms. The van der Waals surface area contributed by atoms with E-state index in [0.29, 0.717) is 24.1 Å². The summed E-state index contributed by atoms with van der Waals surface area (Å²) in [5.74, 6) is 0.240. The van der Waals surface area contributed by atoms with E-state index in [-0.39, 0.29) is 23.5 Å². The number of carbonyl (C=O) groups excluding carboxylic acids is 1. The Hall–Kier alpha value is -3.65. The second-order valence-corrected chi connectivity index (χ2v) is 9.19. The van der Waals surface area contributed by atoms with Crippen molar-refractivity contribution >= 4 is 17.7 Å². The van der Waals surface area contributed by atoms with Crippen molar-refractivity contribution in [3.05, 3.63) is 102 Å². The van der Waals surface area contributed by atoms with E-state index in [1.165, 1.54) is 17.8 Å². The van der Waals surface area contributed by atoms with Crippen molar-refractivity contribution in [2.45, 2.75) is 37.4 Å². The normalized spacial score (nSPS) is 11.7. The van der Waals surface area contributed by atoms with Gasteiger partial charge >= 0.3 is 0 Å². The number of thioether (sulfide) groups is 1. The second kappa shape index (κ2) is 11.7. The number of rotatable bonds is 10. The minimum Gasteiger partial charge on any atom is -0.483 e. The van der Waals surface area contributed by atoms with Gasteiger partial charge < -0.3 is 9.64 Å². The lowest BCUT2D eigenvalue weighted by atomic mass is 10.2. The van der Waals surface area contributed by atoms with Crippen molar-refractivity contribution in [2.24, 2.45) is 0 Å². The molecule has 1 atom stereocenters. The molecule has 0 radical (unpaired) electrons. The molecule has 180 valence electrons. The number of halogens is 1. The van der Waals surface area contributed by atoms with E-state index in [4.69, 9.17) is 4.74 Å². The van der Waals surface area contributed by atoms with Gasteiger partial charge in [-0.3, -0.25) is 9.36 Å². The molecule has 1 amide bonds. The van der Waals surface area contributed by atoms with Crippen LogP contribution in [-0.2, 0) is 17.9 Å². The van der Waals surface area contributed by atoms with Crippen LogP contribution >= 0.6 is 11.8 Å². The van der Waals surface area contributed by atoms with Gasteiger partial charge in [0.1, 0.15) is 6.61 Å². The summed E-state index contributed by atoms with van der Waals surface area (Å²) >= 11 is 1.34. The van der Waals surface area contributed by atoms with Gasteiger partial charge in [-0.25, -0.2) is 4.39 Å². The number of hydrogen-bond acceptors (Lipinski definition) is 5. The monoisotopic (exact) mass is 490 g/mol. The summed E-state index contributed by atoms with van der Waals surface area (Å²) in [7, 11) is 0. The van der Waals surface area contributed by atoms with Gasteiger partial charge in [0.2, 0.25) is 5.91 Å². The lowest BCUT2D eigenvalue weighted by molar-refractivity contribution is -0.130. The van der Waals surface area contributed by atoms with E-state index >= 15 is 0 Å². The van der Waals surface area contributed by atoms with Crippen molar-refractivity contribution in [1.82, 2.24) is 19.7 Å². The zero-order valence-electron chi connectivity index (χ0n) is 19.7. The van der Waals surface area contributed by atoms with Crippen LogP contribution in [0.3, 0.4) is 0 Å². The first-order chi connectivity index (χ1) is 17.1. The molecule has 3 aromatic carbocycles. The maximum Gasteiger partial charge on any atom is 0.236 e. The smallest absolute Gasteiger partial charge is 0.236 e. The highest BCUT2D eigenvalue weighted by Gasteiger charge is 2.25. The molecule has 1 aromatic heterocycles. The second-order valence-electron chi connectivity index (χ2n) is 7.89. The summed E-state index contributed by atoms with van der Waals surface area (Å²) in [6.45, 7) is 5.03. The fraction of sp³-hybridized carbons (Fsp3) is 0.222. The van der Waals surface area contributed by atoms with E-state index in [2.05, 4.69) is 10.2 Å². The molecule has 0 saturated carbocycles. The van der Waals surface area contributed by atoms with Gasteiger partial charge in [-0.05, 0) is 43.7 Å². The molecule has 0 N–H and O–H groups in total. The minimum absolute atomic E-state index is 0.0214. The van der Waals surface area contributed by atoms with Crippen molar-refractivity contribution in [3.63, 3.8) is 0 Å². The van der Waals surface area contributed by atoms with E-state index in [9.17, 15) is 9.18 Å². The van der Waals surface area contributed by atoms with Crippen LogP contribution in [0.4, 0.5) is 4.39 Å². The third kappa shape index (κ3) is 6.08. The Morgan fingerprint density at radius 1 is 1.00 bits per heavy atom. The van der Waals surface area contributed by atoms with E-state index < -0.39 is 5.82 Å². The highest BCUT2D eigenvalue weighted by atomic mass is 32.2. The first-order valence-corrected chi connectivity index (χ1v) is 12.3. The SMILES string of the molecule is CCN(Cc1ccccc1)C(=O)C(C)Sc1nnc(COc2ccccc2F)n1-c1ccccc1. The maximum absolute atomic E-state index is 14.0. The Balaban J connectivity index is 1.54. The fourth-order valence-corrected chi connectivity index (χ4v) is 4.60. The highest BCUT2D eigenvalue weighted by molar-refractivity contribution is 8.00. The Kier molecular flexibility index (Phi) is 8.15. The summed E-state index contributed by atoms with van der Waals surface area (Å²) in [5, 5.41) is 8.84. The molecule has 0 aliphatic carbocycles. The van der Waals surface area contributed by atoms with Crippen LogP contribution in [0.25, 0.3) is 5.69 Å². The van der Waals surface area contributed by atoms with Crippen LogP contribution in [0.5, 0.6) is 5.75 Å². The first kappa shape index (κ1) is 24.5. The van der Waals surface area contributed by atoms with E-state index in [1.54, 1.807) is 18.2 Å². The number of hydrogen-bond donors (Lipinski definition) is 0. The third-order valence-corrected chi connectivity index (χ3v) is 6.48. The number of benzene rings is 3. The Labute approximate surface area is 208 Å². The van der Waals surface area contributed by atoms with Gasteiger partial charge in [0.25, 0.3) is 0 Å². The number of amides is 1. The molecule has 0 aliphatic rings. The van der Waals surface area contributed by atoms with Crippen LogP contribution in [-0.4, -0.2) is 37.4 Å². The summed E-state index contributed by atoms with van der Waals surface area (Å²) in [4.78, 5) is 15.1. The van der Waals surface area contributed by atoms with Gasteiger partial charge in [0.05, 0.1) is 5.25 Å². The first-order valence-electron chi connectivity index (χ1n) is 11.4. The van der Waals surface area contributed by atoms with Gasteiger partial charge in [0, 0.05) is 18.8 Å². The Morgan fingerprint density at radius 2 is 1.66 bits per heavy atom. The largest absolute Gasteiger partial charge is 0.483 e. The van der Waals surface area contributed by atoms with Crippen molar-refractivity contribution in [1.29, 1.82) is 0 Å². The molecule has 0 spiro atoms. The topological polar surface area (TPSA) is 60.3 Å². The molecule has 0 bridgehead atoms. The lowest BCUT2D eigenvalue weighted by Crippen LogP contribution is -2.36. The third-order valence-electron chi connectivity index (χ3n) is 5.45.